The van der Waals surface area contributed by atoms with E-state index in [1.165, 1.54) is 0 Å². The lowest BCUT2D eigenvalue weighted by Gasteiger charge is -2.33. The van der Waals surface area contributed by atoms with Crippen molar-refractivity contribution in [3.63, 3.8) is 0 Å². The summed E-state index contributed by atoms with van der Waals surface area (Å²) in [5.41, 5.74) is 3.20. The van der Waals surface area contributed by atoms with Crippen LogP contribution < -0.4 is 9.62 Å². The van der Waals surface area contributed by atoms with Crippen LogP contribution in [0.5, 0.6) is 0 Å². The zero-order valence-electron chi connectivity index (χ0n) is 15.8. The number of sulfonamides is 1. The molecule has 1 saturated heterocycles. The van der Waals surface area contributed by atoms with E-state index < -0.39 is 16.1 Å². The smallest absolute Gasteiger partial charge is 0.253 e. The van der Waals surface area contributed by atoms with Gasteiger partial charge in [0.2, 0.25) is 10.0 Å². The molecule has 146 valence electrons. The van der Waals surface area contributed by atoms with Crippen LogP contribution in [-0.2, 0) is 19.6 Å². The molecule has 9 heteroatoms. The zero-order valence-corrected chi connectivity index (χ0v) is 16.6. The van der Waals surface area contributed by atoms with Gasteiger partial charge in [-0.2, -0.15) is 0 Å². The molecule has 2 heterocycles. The second kappa shape index (κ2) is 7.41. The molecule has 1 N–H and O–H groups in total. The zero-order chi connectivity index (χ0) is 19.8. The molecule has 8 nitrogen and oxygen atoms in total. The molecule has 1 aliphatic heterocycles. The molecule has 3 rings (SSSR count). The lowest BCUT2D eigenvalue weighted by Crippen LogP contribution is -2.50. The van der Waals surface area contributed by atoms with Gasteiger partial charge < -0.3 is 14.2 Å². The standard InChI is InChI=1S/C18H23N3O5S/c1-11-5-12(2)7-15(6-11)21-9-16(25-10-17(21)22)8-19-27(23,24)18-13(3)20-26-14(18)4/h5-7,16,19H,8-10H2,1-4H3. The Labute approximate surface area is 158 Å². The van der Waals surface area contributed by atoms with E-state index in [0.717, 1.165) is 16.8 Å². The third-order valence-corrected chi connectivity index (χ3v) is 6.05. The quantitative estimate of drug-likeness (QED) is 0.828. The predicted molar refractivity (Wildman–Crippen MR) is 99.2 cm³/mol. The van der Waals surface area contributed by atoms with Crippen LogP contribution in [0.4, 0.5) is 5.69 Å². The number of nitrogens with zero attached hydrogens (tertiary/aromatic N) is 2. The van der Waals surface area contributed by atoms with E-state index >= 15 is 0 Å². The fraction of sp³-hybridized carbons (Fsp3) is 0.444. The topological polar surface area (TPSA) is 102 Å². The van der Waals surface area contributed by atoms with Gasteiger partial charge in [-0.05, 0) is 51.0 Å². The van der Waals surface area contributed by atoms with Crippen molar-refractivity contribution in [3.05, 3.63) is 40.8 Å². The third-order valence-electron chi connectivity index (χ3n) is 4.39. The first kappa shape index (κ1) is 19.5. The normalized spacial score (nSPS) is 18.1. The summed E-state index contributed by atoms with van der Waals surface area (Å²) in [4.78, 5) is 14.0. The first-order valence-corrected chi connectivity index (χ1v) is 10.1. The van der Waals surface area contributed by atoms with E-state index in [9.17, 15) is 13.2 Å². The molecule has 1 aromatic carbocycles. The number of hydrogen-bond acceptors (Lipinski definition) is 6. The molecule has 1 unspecified atom stereocenters. The van der Waals surface area contributed by atoms with Crippen LogP contribution in [-0.4, -0.2) is 45.3 Å². The minimum atomic E-state index is -3.78. The molecule has 27 heavy (non-hydrogen) atoms. The molecule has 1 fully saturated rings. The van der Waals surface area contributed by atoms with Crippen molar-refractivity contribution in [2.45, 2.75) is 38.7 Å². The Kier molecular flexibility index (Phi) is 5.36. The number of aryl methyl sites for hydroxylation is 4. The largest absolute Gasteiger partial charge is 0.365 e. The highest BCUT2D eigenvalue weighted by Gasteiger charge is 2.30. The maximum atomic E-state index is 12.5. The van der Waals surface area contributed by atoms with Crippen LogP contribution in [0.15, 0.2) is 27.6 Å². The Morgan fingerprint density at radius 3 is 2.44 bits per heavy atom. The molecular formula is C18H23N3O5S. The number of rotatable bonds is 5. The summed E-state index contributed by atoms with van der Waals surface area (Å²) in [6.45, 7) is 7.28. The SMILES string of the molecule is Cc1cc(C)cc(N2CC(CNS(=O)(=O)c3c(C)noc3C)OCC2=O)c1. The number of nitrogens with one attached hydrogen (secondary N) is 1. The number of amides is 1. The Morgan fingerprint density at radius 2 is 1.85 bits per heavy atom. The van der Waals surface area contributed by atoms with Crippen molar-refractivity contribution in [2.24, 2.45) is 0 Å². The monoisotopic (exact) mass is 393 g/mol. The van der Waals surface area contributed by atoms with E-state index in [1.54, 1.807) is 18.7 Å². The molecule has 1 aliphatic rings. The van der Waals surface area contributed by atoms with Crippen molar-refractivity contribution in [3.8, 4) is 0 Å². The van der Waals surface area contributed by atoms with Crippen molar-refractivity contribution in [1.29, 1.82) is 0 Å². The van der Waals surface area contributed by atoms with Gasteiger partial charge in [-0.15, -0.1) is 0 Å². The average Bonchev–Trinajstić information content (AvgIpc) is 2.92. The van der Waals surface area contributed by atoms with Gasteiger partial charge in [-0.25, -0.2) is 13.1 Å². The minimum Gasteiger partial charge on any atom is -0.365 e. The van der Waals surface area contributed by atoms with Crippen molar-refractivity contribution < 1.29 is 22.5 Å². The van der Waals surface area contributed by atoms with Crippen molar-refractivity contribution in [2.75, 3.05) is 24.6 Å². The van der Waals surface area contributed by atoms with Crippen LogP contribution in [0.2, 0.25) is 0 Å². The molecule has 0 spiro atoms. The lowest BCUT2D eigenvalue weighted by atomic mass is 10.1. The molecular weight excluding hydrogens is 370 g/mol. The summed E-state index contributed by atoms with van der Waals surface area (Å²) < 4.78 is 38.1. The second-order valence-corrected chi connectivity index (χ2v) is 8.49. The van der Waals surface area contributed by atoms with Crippen LogP contribution >= 0.6 is 0 Å². The number of ether oxygens (including phenoxy) is 1. The number of anilines is 1. The summed E-state index contributed by atoms with van der Waals surface area (Å²) in [5.74, 6) is 0.0847. The van der Waals surface area contributed by atoms with E-state index in [-0.39, 0.29) is 36.3 Å². The molecule has 0 bridgehead atoms. The number of morpholine rings is 1. The number of hydrogen-bond donors (Lipinski definition) is 1. The second-order valence-electron chi connectivity index (χ2n) is 6.79. The van der Waals surface area contributed by atoms with Crippen LogP contribution in [0, 0.1) is 27.7 Å². The van der Waals surface area contributed by atoms with Gasteiger partial charge in [0.05, 0.1) is 12.6 Å². The number of carbonyl (C=O) groups excluding carboxylic acids is 1. The van der Waals surface area contributed by atoms with Crippen molar-refractivity contribution >= 4 is 21.6 Å². The maximum Gasteiger partial charge on any atom is 0.253 e. The van der Waals surface area contributed by atoms with E-state index in [4.69, 9.17) is 9.26 Å². The first-order chi connectivity index (χ1) is 12.7. The van der Waals surface area contributed by atoms with Gasteiger partial charge in [0.15, 0.2) is 5.76 Å². The van der Waals surface area contributed by atoms with Gasteiger partial charge in [-0.1, -0.05) is 11.2 Å². The van der Waals surface area contributed by atoms with Crippen molar-refractivity contribution in [1.82, 2.24) is 9.88 Å². The highest BCUT2D eigenvalue weighted by molar-refractivity contribution is 7.89. The van der Waals surface area contributed by atoms with Gasteiger partial charge in [-0.3, -0.25) is 4.79 Å². The van der Waals surface area contributed by atoms with Crippen LogP contribution in [0.25, 0.3) is 0 Å². The molecule has 0 saturated carbocycles. The fourth-order valence-electron chi connectivity index (χ4n) is 3.24. The van der Waals surface area contributed by atoms with E-state index in [1.807, 2.05) is 32.0 Å². The minimum absolute atomic E-state index is 0.0422. The predicted octanol–water partition coefficient (Wildman–Crippen LogP) is 1.62. The Bertz CT molecular complexity index is 928. The van der Waals surface area contributed by atoms with E-state index in [0.29, 0.717) is 5.69 Å². The number of aromatic nitrogens is 1. The lowest BCUT2D eigenvalue weighted by molar-refractivity contribution is -0.129. The van der Waals surface area contributed by atoms with Crippen LogP contribution in [0.1, 0.15) is 22.6 Å². The Hall–Kier alpha value is -2.23. The molecule has 1 aromatic heterocycles. The van der Waals surface area contributed by atoms with Gasteiger partial charge in [0.1, 0.15) is 17.2 Å². The highest BCUT2D eigenvalue weighted by atomic mass is 32.2. The Morgan fingerprint density at radius 1 is 1.19 bits per heavy atom. The summed E-state index contributed by atoms with van der Waals surface area (Å²) in [6, 6.07) is 5.90. The summed E-state index contributed by atoms with van der Waals surface area (Å²) in [7, 11) is -3.78. The van der Waals surface area contributed by atoms with Gasteiger partial charge in [0, 0.05) is 12.2 Å². The molecule has 0 aliphatic carbocycles. The fourth-order valence-corrected chi connectivity index (χ4v) is 4.63. The summed E-state index contributed by atoms with van der Waals surface area (Å²) in [6.07, 6.45) is -0.459. The first-order valence-electron chi connectivity index (χ1n) is 8.60. The maximum absolute atomic E-state index is 12.5. The van der Waals surface area contributed by atoms with Gasteiger partial charge >= 0.3 is 0 Å². The summed E-state index contributed by atoms with van der Waals surface area (Å²) >= 11 is 0. The van der Waals surface area contributed by atoms with Gasteiger partial charge in [0.25, 0.3) is 5.91 Å². The Balaban J connectivity index is 1.72. The average molecular weight is 393 g/mol. The molecule has 0 radical (unpaired) electrons. The third kappa shape index (κ3) is 4.20. The molecule has 1 atom stereocenters. The van der Waals surface area contributed by atoms with Crippen LogP contribution in [0.3, 0.4) is 0 Å². The highest BCUT2D eigenvalue weighted by Crippen LogP contribution is 2.23. The number of carbonyl (C=O) groups is 1. The molecule has 2 aromatic rings. The van der Waals surface area contributed by atoms with E-state index in [2.05, 4.69) is 9.88 Å². The molecule has 1 amide bonds. The number of benzene rings is 1. The summed E-state index contributed by atoms with van der Waals surface area (Å²) in [5, 5.41) is 3.68.